The summed E-state index contributed by atoms with van der Waals surface area (Å²) in [6, 6.07) is 1.90. The topological polar surface area (TPSA) is 42.6 Å². The number of nitrogens with two attached hydrogens (primary N) is 1. The average molecular weight is 126 g/mol. The van der Waals surface area contributed by atoms with Crippen molar-refractivity contribution in [2.45, 2.75) is 13.5 Å². The van der Waals surface area contributed by atoms with Crippen LogP contribution in [0, 0.1) is 14.0 Å². The fraction of sp³-hybridized carbons (Fsp3) is 0.333. The van der Waals surface area contributed by atoms with Crippen molar-refractivity contribution in [3.63, 3.8) is 0 Å². The number of rotatable bonds is 2. The van der Waals surface area contributed by atoms with Crippen LogP contribution in [0.3, 0.4) is 0 Å². The molecule has 9 heavy (non-hydrogen) atoms. The van der Waals surface area contributed by atoms with Gasteiger partial charge in [0.25, 0.3) is 0 Å². The van der Waals surface area contributed by atoms with E-state index in [2.05, 4.69) is 12.2 Å². The largest absolute Gasteiger partial charge is 0.472 e. The van der Waals surface area contributed by atoms with Crippen LogP contribution in [-0.4, -0.2) is 5.16 Å². The fourth-order valence-corrected chi connectivity index (χ4v) is 0.655. The van der Waals surface area contributed by atoms with Gasteiger partial charge in [0, 0.05) is 6.07 Å². The second kappa shape index (κ2) is 2.64. The van der Waals surface area contributed by atoms with E-state index in [9.17, 15) is 0 Å². The summed E-state index contributed by atoms with van der Waals surface area (Å²) in [6.07, 6.45) is 0. The Morgan fingerprint density at radius 3 is 3.11 bits per heavy atom. The van der Waals surface area contributed by atoms with Crippen LogP contribution in [0.4, 0.5) is 0 Å². The van der Waals surface area contributed by atoms with Crippen LogP contribution in [0.2, 0.25) is 0 Å². The molecule has 0 saturated carbocycles. The molecule has 0 aliphatic carbocycles. The SMILES string of the molecule is [CH2-][NH2+]Cc1cc(C)no1. The Bertz CT molecular complexity index is 183. The Labute approximate surface area is 54.0 Å². The number of nitrogens with zero attached hydrogens (tertiary/aromatic N) is 1. The highest BCUT2D eigenvalue weighted by Crippen LogP contribution is 1.98. The molecule has 2 N–H and O–H groups in total. The van der Waals surface area contributed by atoms with Gasteiger partial charge < -0.3 is 9.84 Å². The molecule has 0 amide bonds. The van der Waals surface area contributed by atoms with Crippen LogP contribution in [0.15, 0.2) is 10.6 Å². The predicted molar refractivity (Wildman–Crippen MR) is 32.2 cm³/mol. The molecule has 1 rings (SSSR count). The number of aryl methyl sites for hydroxylation is 1. The first-order valence-corrected chi connectivity index (χ1v) is 2.86. The summed E-state index contributed by atoms with van der Waals surface area (Å²) in [6.45, 7) is 2.66. The van der Waals surface area contributed by atoms with Gasteiger partial charge in [0.15, 0.2) is 5.76 Å². The van der Waals surface area contributed by atoms with E-state index >= 15 is 0 Å². The molecule has 0 bridgehead atoms. The summed E-state index contributed by atoms with van der Waals surface area (Å²) in [4.78, 5) is 0. The van der Waals surface area contributed by atoms with Gasteiger partial charge in [-0.2, -0.15) is 7.05 Å². The quantitative estimate of drug-likeness (QED) is 0.559. The molecule has 0 radical (unpaired) electrons. The molecule has 0 aromatic carbocycles. The van der Waals surface area contributed by atoms with Gasteiger partial charge in [-0.15, -0.1) is 0 Å². The smallest absolute Gasteiger partial charge is 0.188 e. The molecule has 0 aliphatic heterocycles. The molecule has 0 saturated heterocycles. The summed E-state index contributed by atoms with van der Waals surface area (Å²) in [7, 11) is 3.58. The molecular formula is C6H10N2O. The monoisotopic (exact) mass is 126 g/mol. The van der Waals surface area contributed by atoms with Crippen LogP contribution < -0.4 is 5.32 Å². The Morgan fingerprint density at radius 2 is 2.67 bits per heavy atom. The lowest BCUT2D eigenvalue weighted by Crippen LogP contribution is -2.74. The van der Waals surface area contributed by atoms with Gasteiger partial charge in [0.2, 0.25) is 0 Å². The summed E-state index contributed by atoms with van der Waals surface area (Å²) in [5.74, 6) is 0.877. The van der Waals surface area contributed by atoms with Crippen molar-refractivity contribution in [1.82, 2.24) is 5.16 Å². The summed E-state index contributed by atoms with van der Waals surface area (Å²) in [5, 5.41) is 5.50. The summed E-state index contributed by atoms with van der Waals surface area (Å²) in [5.41, 5.74) is 0.923. The van der Waals surface area contributed by atoms with Gasteiger partial charge in [-0.25, -0.2) is 0 Å². The van der Waals surface area contributed by atoms with Gasteiger partial charge in [-0.3, -0.25) is 0 Å². The molecule has 0 unspecified atom stereocenters. The van der Waals surface area contributed by atoms with Gasteiger partial charge >= 0.3 is 0 Å². The van der Waals surface area contributed by atoms with Crippen molar-refractivity contribution >= 4 is 0 Å². The van der Waals surface area contributed by atoms with Gasteiger partial charge in [0.05, 0.1) is 5.69 Å². The first-order valence-electron chi connectivity index (χ1n) is 2.86. The molecule has 0 aliphatic rings. The second-order valence-electron chi connectivity index (χ2n) is 1.93. The van der Waals surface area contributed by atoms with Crippen LogP contribution in [0.25, 0.3) is 0 Å². The normalized spacial score (nSPS) is 10.0. The van der Waals surface area contributed by atoms with Crippen molar-refractivity contribution in [3.05, 3.63) is 24.6 Å². The van der Waals surface area contributed by atoms with Crippen molar-refractivity contribution < 1.29 is 9.84 Å². The van der Waals surface area contributed by atoms with Crippen LogP contribution in [0.1, 0.15) is 11.5 Å². The van der Waals surface area contributed by atoms with E-state index in [4.69, 9.17) is 4.52 Å². The minimum absolute atomic E-state index is 0.765. The minimum atomic E-state index is 0.765. The van der Waals surface area contributed by atoms with Crippen molar-refractivity contribution in [2.75, 3.05) is 0 Å². The van der Waals surface area contributed by atoms with E-state index in [1.165, 1.54) is 0 Å². The summed E-state index contributed by atoms with van der Waals surface area (Å²) >= 11 is 0. The predicted octanol–water partition coefficient (Wildman–Crippen LogP) is -0.162. The second-order valence-corrected chi connectivity index (χ2v) is 1.93. The van der Waals surface area contributed by atoms with Crippen molar-refractivity contribution in [2.24, 2.45) is 0 Å². The molecule has 1 aromatic heterocycles. The van der Waals surface area contributed by atoms with Gasteiger partial charge in [-0.1, -0.05) is 5.16 Å². The highest BCUT2D eigenvalue weighted by atomic mass is 16.5. The zero-order valence-corrected chi connectivity index (χ0v) is 5.42. The van der Waals surface area contributed by atoms with E-state index in [1.54, 1.807) is 5.32 Å². The highest BCUT2D eigenvalue weighted by Gasteiger charge is 1.96. The molecule has 1 aromatic rings. The minimum Gasteiger partial charge on any atom is -0.472 e. The third-order valence-corrected chi connectivity index (χ3v) is 1.02. The number of hydrogen-bond acceptors (Lipinski definition) is 2. The number of hydrogen-bond donors (Lipinski definition) is 1. The first kappa shape index (κ1) is 6.29. The van der Waals surface area contributed by atoms with Gasteiger partial charge in [-0.05, 0) is 6.92 Å². The molecule has 3 nitrogen and oxygen atoms in total. The summed E-state index contributed by atoms with van der Waals surface area (Å²) < 4.78 is 4.88. The van der Waals surface area contributed by atoms with E-state index < -0.39 is 0 Å². The number of quaternary nitrogens is 1. The fourth-order valence-electron chi connectivity index (χ4n) is 0.655. The van der Waals surface area contributed by atoms with E-state index in [-0.39, 0.29) is 0 Å². The third-order valence-electron chi connectivity index (χ3n) is 1.02. The first-order chi connectivity index (χ1) is 4.33. The molecular weight excluding hydrogens is 116 g/mol. The Balaban J connectivity index is 2.61. The van der Waals surface area contributed by atoms with E-state index in [0.29, 0.717) is 0 Å². The van der Waals surface area contributed by atoms with Crippen LogP contribution in [-0.2, 0) is 6.54 Å². The van der Waals surface area contributed by atoms with Crippen LogP contribution >= 0.6 is 0 Å². The standard InChI is InChI=1S/C6H10N2O/c1-5-3-6(4-7-2)9-8-5/h3H,2,4,7H2,1H3. The maximum atomic E-state index is 4.88. The Morgan fingerprint density at radius 1 is 1.89 bits per heavy atom. The molecule has 3 heteroatoms. The maximum absolute atomic E-state index is 4.88. The molecule has 0 spiro atoms. The highest BCUT2D eigenvalue weighted by molar-refractivity contribution is 5.00. The molecule has 0 atom stereocenters. The molecule has 1 heterocycles. The van der Waals surface area contributed by atoms with Crippen molar-refractivity contribution in [1.29, 1.82) is 0 Å². The lowest BCUT2D eigenvalue weighted by molar-refractivity contribution is -0.614. The third kappa shape index (κ3) is 1.54. The molecule has 50 valence electrons. The van der Waals surface area contributed by atoms with Crippen molar-refractivity contribution in [3.8, 4) is 0 Å². The zero-order chi connectivity index (χ0) is 6.69. The number of aromatic nitrogens is 1. The zero-order valence-electron chi connectivity index (χ0n) is 5.42. The van der Waals surface area contributed by atoms with E-state index in [0.717, 1.165) is 18.0 Å². The van der Waals surface area contributed by atoms with E-state index in [1.807, 2.05) is 13.0 Å². The lowest BCUT2D eigenvalue weighted by Gasteiger charge is -1.90. The Hall–Kier alpha value is -0.830. The van der Waals surface area contributed by atoms with Crippen LogP contribution in [0.5, 0.6) is 0 Å². The average Bonchev–Trinajstić information content (AvgIpc) is 2.17. The maximum Gasteiger partial charge on any atom is 0.188 e. The molecule has 0 fully saturated rings. The Kier molecular flexibility index (Phi) is 1.85. The lowest BCUT2D eigenvalue weighted by atomic mass is 10.4. The van der Waals surface area contributed by atoms with Gasteiger partial charge in [0.1, 0.15) is 6.54 Å².